The largest absolute Gasteiger partial charge is 0.396 e. The Morgan fingerprint density at radius 1 is 1.67 bits per heavy atom. The molecule has 1 aliphatic heterocycles. The van der Waals surface area contributed by atoms with Gasteiger partial charge in [0.15, 0.2) is 0 Å². The predicted molar refractivity (Wildman–Crippen MR) is 64.1 cm³/mol. The molecule has 1 saturated heterocycles. The van der Waals surface area contributed by atoms with E-state index in [0.29, 0.717) is 6.04 Å². The minimum absolute atomic E-state index is 0.0350. The van der Waals surface area contributed by atoms with Crippen LogP contribution in [0, 0.1) is 0 Å². The normalized spacial score (nSPS) is 23.1. The Labute approximate surface area is 100.0 Å². The van der Waals surface area contributed by atoms with Gasteiger partial charge in [0.2, 0.25) is 5.91 Å². The molecule has 15 heavy (non-hydrogen) atoms. The highest BCUT2D eigenvalue weighted by Gasteiger charge is 2.30. The molecule has 1 amide bonds. The van der Waals surface area contributed by atoms with Gasteiger partial charge in [-0.1, -0.05) is 22.9 Å². The second-order valence-corrected chi connectivity index (χ2v) is 5.17. The zero-order valence-electron chi connectivity index (χ0n) is 9.29. The number of nitrogens with zero attached hydrogens (tertiary/aromatic N) is 1. The molecule has 0 spiro atoms. The van der Waals surface area contributed by atoms with Crippen LogP contribution in [0.25, 0.3) is 0 Å². The van der Waals surface area contributed by atoms with Gasteiger partial charge in [-0.25, -0.2) is 0 Å². The summed E-state index contributed by atoms with van der Waals surface area (Å²) in [7, 11) is 0. The van der Waals surface area contributed by atoms with Crippen LogP contribution >= 0.6 is 15.9 Å². The lowest BCUT2D eigenvalue weighted by atomic mass is 10.1. The van der Waals surface area contributed by atoms with Gasteiger partial charge in [-0.15, -0.1) is 0 Å². The zero-order valence-corrected chi connectivity index (χ0v) is 10.9. The molecule has 0 aromatic heterocycles. The van der Waals surface area contributed by atoms with E-state index in [0.717, 1.165) is 38.6 Å². The predicted octanol–water partition coefficient (Wildman–Crippen LogP) is 1.92. The number of hydrogen-bond donors (Lipinski definition) is 1. The first-order chi connectivity index (χ1) is 7.20. The summed E-state index contributed by atoms with van der Waals surface area (Å²) in [5, 5.41) is 8.79. The molecule has 0 saturated carbocycles. The summed E-state index contributed by atoms with van der Waals surface area (Å²) in [5.41, 5.74) is 0. The van der Waals surface area contributed by atoms with Crippen molar-refractivity contribution in [2.75, 3.05) is 13.2 Å². The maximum absolute atomic E-state index is 12.0. The molecule has 1 N–H and O–H groups in total. The SMILES string of the molecule is CCC(Br)C(=O)N1CCCC1CCCO. The van der Waals surface area contributed by atoms with E-state index in [1.807, 2.05) is 11.8 Å². The first kappa shape index (κ1) is 13.0. The van der Waals surface area contributed by atoms with E-state index in [4.69, 9.17) is 5.11 Å². The lowest BCUT2D eigenvalue weighted by Crippen LogP contribution is -2.40. The highest BCUT2D eigenvalue weighted by atomic mass is 79.9. The van der Waals surface area contributed by atoms with Gasteiger partial charge in [-0.05, 0) is 32.1 Å². The van der Waals surface area contributed by atoms with Crippen molar-refractivity contribution in [3.05, 3.63) is 0 Å². The number of aliphatic hydroxyl groups excluding tert-OH is 1. The Morgan fingerprint density at radius 2 is 2.40 bits per heavy atom. The van der Waals surface area contributed by atoms with Gasteiger partial charge in [-0.2, -0.15) is 0 Å². The molecule has 1 heterocycles. The smallest absolute Gasteiger partial charge is 0.236 e. The van der Waals surface area contributed by atoms with Crippen LogP contribution in [0.15, 0.2) is 0 Å². The summed E-state index contributed by atoms with van der Waals surface area (Å²) in [6.07, 6.45) is 4.77. The molecule has 4 heteroatoms. The van der Waals surface area contributed by atoms with Crippen LogP contribution in [0.5, 0.6) is 0 Å². The van der Waals surface area contributed by atoms with Crippen molar-refractivity contribution in [2.45, 2.75) is 49.9 Å². The Hall–Kier alpha value is -0.0900. The summed E-state index contributed by atoms with van der Waals surface area (Å²) in [4.78, 5) is 13.9. The molecule has 88 valence electrons. The van der Waals surface area contributed by atoms with E-state index in [9.17, 15) is 4.79 Å². The monoisotopic (exact) mass is 277 g/mol. The fourth-order valence-electron chi connectivity index (χ4n) is 2.11. The number of amides is 1. The molecule has 0 radical (unpaired) electrons. The van der Waals surface area contributed by atoms with Crippen molar-refractivity contribution in [3.8, 4) is 0 Å². The molecule has 0 aromatic carbocycles. The van der Waals surface area contributed by atoms with Gasteiger partial charge >= 0.3 is 0 Å². The van der Waals surface area contributed by atoms with Gasteiger partial charge in [0.1, 0.15) is 0 Å². The molecule has 2 atom stereocenters. The standard InChI is InChI=1S/C11H20BrNO2/c1-2-10(12)11(15)13-7-3-5-9(13)6-4-8-14/h9-10,14H,2-8H2,1H3. The number of aliphatic hydroxyl groups is 1. The number of hydrogen-bond acceptors (Lipinski definition) is 2. The Morgan fingerprint density at radius 3 is 3.00 bits per heavy atom. The van der Waals surface area contributed by atoms with Gasteiger partial charge < -0.3 is 10.0 Å². The Kier molecular flexibility index (Phi) is 5.61. The molecule has 0 aromatic rings. The van der Waals surface area contributed by atoms with Crippen molar-refractivity contribution in [3.63, 3.8) is 0 Å². The first-order valence-electron chi connectivity index (χ1n) is 5.76. The van der Waals surface area contributed by atoms with Crippen molar-refractivity contribution < 1.29 is 9.90 Å². The Balaban J connectivity index is 2.48. The molecule has 3 nitrogen and oxygen atoms in total. The average molecular weight is 278 g/mol. The lowest BCUT2D eigenvalue weighted by molar-refractivity contribution is -0.131. The number of alkyl halides is 1. The van der Waals surface area contributed by atoms with Crippen molar-refractivity contribution in [1.29, 1.82) is 0 Å². The molecule has 1 fully saturated rings. The van der Waals surface area contributed by atoms with Crippen LogP contribution in [-0.4, -0.2) is 39.9 Å². The van der Waals surface area contributed by atoms with Gasteiger partial charge in [-0.3, -0.25) is 4.79 Å². The molecule has 2 unspecified atom stereocenters. The molecule has 0 bridgehead atoms. The summed E-state index contributed by atoms with van der Waals surface area (Å²) in [6, 6.07) is 0.358. The quantitative estimate of drug-likeness (QED) is 0.781. The van der Waals surface area contributed by atoms with Crippen LogP contribution < -0.4 is 0 Å². The van der Waals surface area contributed by atoms with E-state index in [-0.39, 0.29) is 17.3 Å². The third-order valence-electron chi connectivity index (χ3n) is 2.98. The van der Waals surface area contributed by atoms with E-state index >= 15 is 0 Å². The molecule has 1 aliphatic rings. The van der Waals surface area contributed by atoms with E-state index in [1.54, 1.807) is 0 Å². The van der Waals surface area contributed by atoms with E-state index < -0.39 is 0 Å². The fraction of sp³-hybridized carbons (Fsp3) is 0.909. The summed E-state index contributed by atoms with van der Waals surface area (Å²) < 4.78 is 0. The maximum Gasteiger partial charge on any atom is 0.236 e. The summed E-state index contributed by atoms with van der Waals surface area (Å²) in [6.45, 7) is 3.12. The second-order valence-electron chi connectivity index (χ2n) is 4.07. The highest BCUT2D eigenvalue weighted by Crippen LogP contribution is 2.24. The second kappa shape index (κ2) is 6.48. The van der Waals surface area contributed by atoms with Crippen LogP contribution in [-0.2, 0) is 4.79 Å². The average Bonchev–Trinajstić information content (AvgIpc) is 2.72. The first-order valence-corrected chi connectivity index (χ1v) is 6.67. The fourth-order valence-corrected chi connectivity index (χ4v) is 2.37. The number of carbonyl (C=O) groups is 1. The minimum atomic E-state index is -0.0350. The van der Waals surface area contributed by atoms with Crippen molar-refractivity contribution in [2.24, 2.45) is 0 Å². The zero-order chi connectivity index (χ0) is 11.3. The summed E-state index contributed by atoms with van der Waals surface area (Å²) >= 11 is 3.41. The third-order valence-corrected chi connectivity index (χ3v) is 4.02. The number of likely N-dealkylation sites (tertiary alicyclic amines) is 1. The third kappa shape index (κ3) is 3.45. The van der Waals surface area contributed by atoms with E-state index in [2.05, 4.69) is 15.9 Å². The van der Waals surface area contributed by atoms with Gasteiger partial charge in [0.05, 0.1) is 4.83 Å². The lowest BCUT2D eigenvalue weighted by Gasteiger charge is -2.26. The highest BCUT2D eigenvalue weighted by molar-refractivity contribution is 9.10. The van der Waals surface area contributed by atoms with Crippen LogP contribution in [0.4, 0.5) is 0 Å². The van der Waals surface area contributed by atoms with E-state index in [1.165, 1.54) is 0 Å². The van der Waals surface area contributed by atoms with Crippen LogP contribution in [0.3, 0.4) is 0 Å². The van der Waals surface area contributed by atoms with Crippen LogP contribution in [0.2, 0.25) is 0 Å². The van der Waals surface area contributed by atoms with Gasteiger partial charge in [0, 0.05) is 19.2 Å². The summed E-state index contributed by atoms with van der Waals surface area (Å²) in [5.74, 6) is 0.220. The molecular formula is C11H20BrNO2. The molecule has 0 aliphatic carbocycles. The maximum atomic E-state index is 12.0. The topological polar surface area (TPSA) is 40.5 Å². The number of carbonyl (C=O) groups excluding carboxylic acids is 1. The van der Waals surface area contributed by atoms with Crippen molar-refractivity contribution >= 4 is 21.8 Å². The van der Waals surface area contributed by atoms with Crippen LogP contribution in [0.1, 0.15) is 39.0 Å². The van der Waals surface area contributed by atoms with Crippen molar-refractivity contribution in [1.82, 2.24) is 4.90 Å². The number of halogens is 1. The molecule has 1 rings (SSSR count). The minimum Gasteiger partial charge on any atom is -0.396 e. The Bertz CT molecular complexity index is 211. The van der Waals surface area contributed by atoms with Gasteiger partial charge in [0.25, 0.3) is 0 Å². The molecular weight excluding hydrogens is 258 g/mol. The number of rotatable bonds is 5.